The highest BCUT2D eigenvalue weighted by Crippen LogP contribution is 2.43. The summed E-state index contributed by atoms with van der Waals surface area (Å²) in [5.41, 5.74) is 9.75. The van der Waals surface area contributed by atoms with Crippen molar-refractivity contribution in [1.82, 2.24) is 68.0 Å². The van der Waals surface area contributed by atoms with Crippen LogP contribution in [0.5, 0.6) is 11.5 Å². The van der Waals surface area contributed by atoms with E-state index in [1.54, 1.807) is 31.9 Å². The molecule has 13 amide bonds. The lowest BCUT2D eigenvalue weighted by Crippen LogP contribution is -2.61. The van der Waals surface area contributed by atoms with Crippen molar-refractivity contribution in [2.75, 3.05) is 71.3 Å². The van der Waals surface area contributed by atoms with Crippen LogP contribution in [0.1, 0.15) is 138 Å². The molecule has 11 atom stereocenters. The van der Waals surface area contributed by atoms with Crippen LogP contribution in [0.25, 0.3) is 33.4 Å². The molecule has 0 saturated carbocycles. The summed E-state index contributed by atoms with van der Waals surface area (Å²) < 4.78 is 8.38. The number of carboxylic acids is 3. The standard InChI is InChI=1S/C45H61N9O16S2.C43H54N6O7/c1-21(2)13-29(41(66)48-28(38(46)63)16-35(59)60)50-44(69)33-20-72-71-19-22(3)39(64)49-32(17-36(61)62)43(68)52-31(15-25-7-11-27(57)12-8-25)42(67)51-30(14-24-5-9-26(56)10-6-24)40(65)47-18-34(58)54-37(23(4)55)45(70)53-33;1-26(2)22-34(42(53)49-21-11-12-35(49)41(52)44-3)46-38(50)13-9-8-10-20-45-40(51)27-14-17-30(43(54)55)33(23-27)39-31-18-15-28(47(4)5)24-36(31)56-37-25-29(48(6)7)16-19-32(37)39/h5-12,21-23,28-33,37,55-57H,13-20H2,1-4H3,(H2,46,63)(H,47,65)(H,48,66)(H,49,64)(H,50,69)(H,51,67)(H,52,68)(H,53,70)(H,54,58)(H,59,60)(H,61,62);14-19,23-26,34-35H,8-13,20-22H2,1-7H3,(H3-,44,45,46,50,51,52,54,55)/p+1/t22-,23?,28-,29-,30-,31-,32-,33-,37-;34-,35-/m00/s1. The number of likely N-dealkylation sites (N-methyl/N-ethyl adjacent to an activating group) is 1. The predicted octanol–water partition coefficient (Wildman–Crippen LogP) is 1.84. The van der Waals surface area contributed by atoms with Crippen LogP contribution in [0.3, 0.4) is 0 Å². The van der Waals surface area contributed by atoms with Gasteiger partial charge >= 0.3 is 17.9 Å². The molecule has 1 unspecified atom stereocenters. The quantitative estimate of drug-likeness (QED) is 0.0128. The highest BCUT2D eigenvalue weighted by atomic mass is 33.1. The SMILES string of the molecule is CC(C)C[C@H](NC(=O)[C@@H]1CSSC[C@H](C)C(=O)N[C@@H](CC(=O)O)C(=O)N[C@@H](Cc2ccc(O)cc2)C(=O)N[C@@H](Cc2ccc(O)cc2)C(=O)NCC(=O)N[C@@H](C(C)O)C(=O)N1)C(=O)N[C@@H](CC(=O)O)C(N)=O.CNC(=O)[C@@H]1CCCN1C(=O)[C@H](CC(C)C)NC(=O)CCCCCNC(=O)c1ccc(C(=O)O)c(-c2c3ccc(=[N+](C)C)cc-3oc3cc(N(C)C)ccc23)c1. The molecule has 0 aromatic heterocycles. The number of likely N-dealkylation sites (tertiary alicyclic amines) is 1. The molecule has 2 fully saturated rings. The number of fused-ring (bicyclic) bond motifs is 2. The molecule has 0 bridgehead atoms. The molecular formula is C88H116N15O23S2+. The number of aliphatic hydroxyl groups excluding tert-OH is 1. The first-order valence-electron chi connectivity index (χ1n) is 41.8. The Morgan fingerprint density at radius 1 is 0.641 bits per heavy atom. The van der Waals surface area contributed by atoms with Crippen molar-refractivity contribution in [3.63, 3.8) is 0 Å². The molecule has 3 aliphatic heterocycles. The average Bonchev–Trinajstić information content (AvgIpc) is 0.817. The number of amides is 13. The van der Waals surface area contributed by atoms with Gasteiger partial charge in [-0.3, -0.25) is 71.9 Å². The van der Waals surface area contributed by atoms with Crippen molar-refractivity contribution < 1.29 is 112 Å². The third-order valence-electron chi connectivity index (χ3n) is 20.9. The summed E-state index contributed by atoms with van der Waals surface area (Å²) in [6.07, 6.45) is -0.120. The minimum Gasteiger partial charge on any atom is -0.508 e. The van der Waals surface area contributed by atoms with E-state index in [1.165, 1.54) is 67.6 Å². The Balaban J connectivity index is 0.000000361. The van der Waals surface area contributed by atoms with Crippen molar-refractivity contribution >= 4 is 133 Å². The van der Waals surface area contributed by atoms with E-state index < -0.39 is 157 Å². The third-order valence-corrected chi connectivity index (χ3v) is 23.5. The van der Waals surface area contributed by atoms with E-state index in [2.05, 4.69) is 58.5 Å². The maximum Gasteiger partial charge on any atom is 0.336 e. The molecule has 2 saturated heterocycles. The van der Waals surface area contributed by atoms with E-state index in [9.17, 15) is 107 Å². The first-order valence-corrected chi connectivity index (χ1v) is 44.3. The lowest BCUT2D eigenvalue weighted by atomic mass is 9.89. The molecule has 3 heterocycles. The molecule has 38 nitrogen and oxygen atoms in total. The van der Waals surface area contributed by atoms with E-state index in [1.807, 2.05) is 87.9 Å². The molecule has 128 heavy (non-hydrogen) atoms. The molecule has 40 heteroatoms. The number of nitrogens with zero attached hydrogens (tertiary/aromatic N) is 3. The van der Waals surface area contributed by atoms with Crippen molar-refractivity contribution in [3.05, 3.63) is 131 Å². The fourth-order valence-corrected chi connectivity index (χ4v) is 16.6. The van der Waals surface area contributed by atoms with Gasteiger partial charge < -0.3 is 109 Å². The lowest BCUT2D eigenvalue weighted by molar-refractivity contribution is -0.141. The Labute approximate surface area is 747 Å². The van der Waals surface area contributed by atoms with Crippen LogP contribution >= 0.6 is 21.6 Å². The number of carbonyl (C=O) groups excluding carboxylic acids is 13. The number of anilines is 1. The first kappa shape index (κ1) is 102. The minimum absolute atomic E-state index is 0.0433. The summed E-state index contributed by atoms with van der Waals surface area (Å²) >= 11 is 0. The Hall–Kier alpha value is -12.9. The van der Waals surface area contributed by atoms with Gasteiger partial charge in [0.05, 0.1) is 37.1 Å². The zero-order chi connectivity index (χ0) is 94.5. The molecule has 692 valence electrons. The monoisotopic (exact) mass is 1810 g/mol. The number of aliphatic carboxylic acids is 2. The summed E-state index contributed by atoms with van der Waals surface area (Å²) in [4.78, 5) is 214. The fourth-order valence-electron chi connectivity index (χ4n) is 14.1. The van der Waals surface area contributed by atoms with Crippen LogP contribution in [0.2, 0.25) is 0 Å². The minimum atomic E-state index is -1.77. The van der Waals surface area contributed by atoms with E-state index in [0.29, 0.717) is 95.3 Å². The number of carbonyl (C=O) groups is 16. The molecule has 19 N–H and O–H groups in total. The number of phenols is 2. The van der Waals surface area contributed by atoms with Crippen LogP contribution in [-0.2, 0) is 80.0 Å². The predicted molar refractivity (Wildman–Crippen MR) is 477 cm³/mol. The van der Waals surface area contributed by atoms with Crippen LogP contribution in [0, 0.1) is 17.8 Å². The van der Waals surface area contributed by atoms with Crippen molar-refractivity contribution in [2.45, 2.75) is 179 Å². The van der Waals surface area contributed by atoms with Crippen molar-refractivity contribution in [2.24, 2.45) is 23.5 Å². The van der Waals surface area contributed by atoms with E-state index >= 15 is 0 Å². The molecule has 4 aromatic rings. The second kappa shape index (κ2) is 48.7. The van der Waals surface area contributed by atoms with Crippen LogP contribution in [0.4, 0.5) is 5.69 Å². The van der Waals surface area contributed by atoms with Gasteiger partial charge in [-0.25, -0.2) is 9.37 Å². The van der Waals surface area contributed by atoms with Crippen LogP contribution in [0.15, 0.2) is 108 Å². The highest BCUT2D eigenvalue weighted by Gasteiger charge is 2.40. The van der Waals surface area contributed by atoms with Gasteiger partial charge in [-0.15, -0.1) is 0 Å². The van der Waals surface area contributed by atoms with E-state index in [4.69, 9.17) is 10.2 Å². The number of phenolic OH excluding ortho intramolecular Hbond substituents is 2. The number of hydrogen-bond donors (Lipinski definition) is 18. The third kappa shape index (κ3) is 30.7. The van der Waals surface area contributed by atoms with Gasteiger partial charge in [-0.05, 0) is 135 Å². The molecule has 4 aromatic carbocycles. The number of unbranched alkanes of at least 4 members (excludes halogenated alkanes) is 2. The summed E-state index contributed by atoms with van der Waals surface area (Å²) in [6, 6.07) is 14.8. The fraction of sp³-hybridized carbons (Fsp3) is 0.466. The summed E-state index contributed by atoms with van der Waals surface area (Å²) in [5, 5.41) is 89.0. The maximum atomic E-state index is 14.2. The molecule has 8 rings (SSSR count). The first-order chi connectivity index (χ1) is 60.5. The van der Waals surface area contributed by atoms with Gasteiger partial charge in [-0.2, -0.15) is 0 Å². The summed E-state index contributed by atoms with van der Waals surface area (Å²) in [6.45, 7) is 9.97. The number of aromatic carboxylic acids is 1. The number of benzene rings is 5. The van der Waals surface area contributed by atoms with Gasteiger partial charge in [0.25, 0.3) is 5.91 Å². The number of nitrogens with two attached hydrogens (primary N) is 1. The smallest absolute Gasteiger partial charge is 0.336 e. The van der Waals surface area contributed by atoms with Gasteiger partial charge in [0.1, 0.15) is 91.3 Å². The highest BCUT2D eigenvalue weighted by molar-refractivity contribution is 8.76. The average molecular weight is 1820 g/mol. The molecule has 4 aliphatic rings. The topological polar surface area (TPSA) is 575 Å². The summed E-state index contributed by atoms with van der Waals surface area (Å²) in [7, 11) is 11.2. The van der Waals surface area contributed by atoms with Gasteiger partial charge in [0, 0.05) is 111 Å². The number of hydrogen-bond acceptors (Lipinski definition) is 23. The second-order valence-electron chi connectivity index (χ2n) is 32.6. The van der Waals surface area contributed by atoms with E-state index in [-0.39, 0.29) is 89.7 Å². The Kier molecular flexibility index (Phi) is 38.9. The zero-order valence-electron chi connectivity index (χ0n) is 73.2. The number of aromatic hydroxyl groups is 2. The normalized spacial score (nSPS) is 19.0. The van der Waals surface area contributed by atoms with Crippen molar-refractivity contribution in [3.8, 4) is 33.9 Å². The molecular weight excluding hydrogens is 1700 g/mol. The summed E-state index contributed by atoms with van der Waals surface area (Å²) in [5.74, 6) is -15.2. The molecule has 0 radical (unpaired) electrons. The Morgan fingerprint density at radius 2 is 1.25 bits per heavy atom. The molecule has 1 aliphatic carbocycles. The Bertz CT molecular complexity index is 5060. The number of carboxylic acid groups (broad SMARTS) is 3. The number of rotatable bonds is 31. The van der Waals surface area contributed by atoms with Crippen LogP contribution < -0.4 is 79.1 Å². The second-order valence-corrected chi connectivity index (χ2v) is 35.2. The van der Waals surface area contributed by atoms with Gasteiger partial charge in [0.2, 0.25) is 76.2 Å². The maximum absolute atomic E-state index is 14.2. The largest absolute Gasteiger partial charge is 0.508 e. The Morgan fingerprint density at radius 3 is 1.83 bits per heavy atom. The number of primary amides is 1. The molecule has 0 spiro atoms. The van der Waals surface area contributed by atoms with Gasteiger partial charge in [0.15, 0.2) is 0 Å². The van der Waals surface area contributed by atoms with Crippen LogP contribution in [-0.4, -0.2) is 257 Å². The zero-order valence-corrected chi connectivity index (χ0v) is 74.8. The van der Waals surface area contributed by atoms with Gasteiger partial charge in [-0.1, -0.05) is 86.9 Å². The number of aliphatic hydroxyl groups is 1. The lowest BCUT2D eigenvalue weighted by Gasteiger charge is -2.29. The van der Waals surface area contributed by atoms with Crippen molar-refractivity contribution in [1.29, 1.82) is 0 Å². The van der Waals surface area contributed by atoms with E-state index in [0.717, 1.165) is 46.0 Å². The number of nitrogens with one attached hydrogen (secondary N) is 11.